The Balaban J connectivity index is 2.26. The molecule has 0 heterocycles. The summed E-state index contributed by atoms with van der Waals surface area (Å²) >= 11 is 0. The Morgan fingerprint density at radius 1 is 0.518 bits per heavy atom. The Bertz CT molecular complexity index is 2910. The van der Waals surface area contributed by atoms with Gasteiger partial charge >= 0.3 is 391 Å². The van der Waals surface area contributed by atoms with Gasteiger partial charge in [0.2, 0.25) is 11.8 Å². The van der Waals surface area contributed by atoms with Crippen LogP contribution >= 0.6 is 17.5 Å². The van der Waals surface area contributed by atoms with Crippen LogP contribution in [0.25, 0.3) is 0 Å². The number of Topliss-reactive ketones (excluding diaryl/α,β-unsaturated/α-hetero) is 4. The molecule has 16 radical (unpaired) electrons. The van der Waals surface area contributed by atoms with E-state index < -0.39 is 154 Å². The Kier molecular flexibility index (Phi) is 33.9. The average Bonchev–Trinajstić information content (AvgIpc) is 3.62. The van der Waals surface area contributed by atoms with Gasteiger partial charge in [-0.3, -0.25) is 9.59 Å². The molecule has 0 saturated carbocycles. The van der Waals surface area contributed by atoms with Crippen molar-refractivity contribution in [1.82, 2.24) is 26.6 Å². The number of ether oxygens (including phenoxy) is 1. The van der Waals surface area contributed by atoms with Crippen molar-refractivity contribution in [2.45, 2.75) is 149 Å². The molecule has 5 atom stereocenters. The molecule has 0 bridgehead atoms. The van der Waals surface area contributed by atoms with Gasteiger partial charge in [-0.25, -0.2) is 4.79 Å². The van der Waals surface area contributed by atoms with Crippen molar-refractivity contribution in [1.29, 1.82) is 0 Å². The minimum Gasteiger partial charge on any atom is -0.0622 e. The van der Waals surface area contributed by atoms with Crippen molar-refractivity contribution >= 4 is 178 Å². The van der Waals surface area contributed by atoms with E-state index in [1.807, 2.05) is 27.7 Å². The van der Waals surface area contributed by atoms with Gasteiger partial charge in [0.1, 0.15) is 11.6 Å². The zero-order chi connectivity index (χ0) is 64.2. The molecule has 0 aliphatic heterocycles. The van der Waals surface area contributed by atoms with Crippen LogP contribution in [0.2, 0.25) is 0 Å². The van der Waals surface area contributed by atoms with E-state index in [9.17, 15) is 52.7 Å². The molecule has 5 amide bonds. The molecular weight excluding hydrogens is 1100 g/mol. The van der Waals surface area contributed by atoms with Crippen LogP contribution in [-0.2, 0) is 65.5 Å². The fourth-order valence-corrected chi connectivity index (χ4v) is 11.9. The van der Waals surface area contributed by atoms with Crippen LogP contribution in [0.15, 0.2) is 60.7 Å². The molecule has 85 heavy (non-hydrogen) atoms. The summed E-state index contributed by atoms with van der Waals surface area (Å²) in [6.07, 6.45) is -3.12. The molecule has 0 spiro atoms. The number of ketones is 4. The first-order chi connectivity index (χ1) is 39.9. The number of carbonyl (C=O) groups is 11. The molecule has 33 heteroatoms. The summed E-state index contributed by atoms with van der Waals surface area (Å²) in [4.78, 5) is 149. The number of amides is 5. The van der Waals surface area contributed by atoms with Crippen molar-refractivity contribution in [3.63, 3.8) is 0 Å². The van der Waals surface area contributed by atoms with Gasteiger partial charge in [0.25, 0.3) is 0 Å². The predicted octanol–water partition coefficient (Wildman–Crippen LogP) is 0.406. The Labute approximate surface area is 517 Å². The maximum atomic E-state index is 14.1. The van der Waals surface area contributed by atoms with Gasteiger partial charge in [0.05, 0.1) is 0 Å². The molecule has 0 aliphatic carbocycles. The molecule has 17 nitrogen and oxygen atoms in total. The first kappa shape index (κ1) is 76.3. The summed E-state index contributed by atoms with van der Waals surface area (Å²) in [5.74, 6) is -9.47. The van der Waals surface area contributed by atoms with E-state index in [1.165, 1.54) is 0 Å². The smallest absolute Gasteiger partial charge is 0.0622 e. The van der Waals surface area contributed by atoms with Gasteiger partial charge in [-0.15, -0.1) is 0 Å². The van der Waals surface area contributed by atoms with Crippen molar-refractivity contribution in [2.24, 2.45) is 23.7 Å². The predicted molar refractivity (Wildman–Crippen MR) is 352 cm³/mol. The minimum atomic E-state index is -2.74. The second kappa shape index (κ2) is 37.8. The van der Waals surface area contributed by atoms with Crippen LogP contribution in [0.3, 0.4) is 0 Å². The summed E-state index contributed by atoms with van der Waals surface area (Å²) < 4.78 is 5.37. The molecular formula is C52H71B14N5O12S2. The summed E-state index contributed by atoms with van der Waals surface area (Å²) in [6.45, 7) is 11.0. The minimum absolute atomic E-state index is 0.0658. The summed E-state index contributed by atoms with van der Waals surface area (Å²) in [7, 11) is 40.8. The molecule has 0 aliphatic rings. The average molecular weight is 1170 g/mol. The Hall–Kier alpha value is -4.78. The first-order valence-corrected chi connectivity index (χ1v) is 31.7. The monoisotopic (exact) mass is 1180 g/mol. The summed E-state index contributed by atoms with van der Waals surface area (Å²) in [5.41, 5.74) is 0.414. The van der Waals surface area contributed by atoms with Crippen LogP contribution in [0.1, 0.15) is 124 Å². The van der Waals surface area contributed by atoms with Crippen molar-refractivity contribution in [3.8, 4) is 0 Å². The molecule has 430 valence electrons. The van der Waals surface area contributed by atoms with E-state index in [0.29, 0.717) is 11.1 Å². The van der Waals surface area contributed by atoms with E-state index in [-0.39, 0.29) is 76.0 Å². The van der Waals surface area contributed by atoms with E-state index in [1.54, 1.807) is 81.4 Å². The molecule has 0 fully saturated rings. The van der Waals surface area contributed by atoms with Crippen LogP contribution in [0, 0.1) is 23.7 Å². The summed E-state index contributed by atoms with van der Waals surface area (Å²) in [6, 6.07) is 18.3. The number of hydrogen-bond donors (Lipinski definition) is 5. The zero-order valence-electron chi connectivity index (χ0n) is 50.0. The van der Waals surface area contributed by atoms with Gasteiger partial charge in [0.15, 0.2) is 0 Å². The Morgan fingerprint density at radius 3 is 1.24 bits per heavy atom. The molecule has 2 aromatic carbocycles. The second-order valence-electron chi connectivity index (χ2n) is 22.5. The molecule has 2 rings (SSSR count). The zero-order valence-corrected chi connectivity index (χ0v) is 51.6. The van der Waals surface area contributed by atoms with Gasteiger partial charge in [0, 0.05) is 6.42 Å². The van der Waals surface area contributed by atoms with Gasteiger partial charge < -0.3 is 20.7 Å². The molecule has 2 aromatic rings. The normalized spacial score (nSPS) is 13.0. The van der Waals surface area contributed by atoms with Gasteiger partial charge in [-0.2, -0.15) is 0 Å². The number of nitrogens with one attached hydrogen (secondary N) is 5. The van der Waals surface area contributed by atoms with Gasteiger partial charge in [-0.05, 0) is 27.2 Å². The topological polar surface area (TPSA) is 257 Å². The molecule has 5 unspecified atom stereocenters. The fraction of sp³-hybridized carbons (Fsp3) is 0.558. The number of carbonyl (C=O) groups excluding carboxylic acids is 11. The van der Waals surface area contributed by atoms with Crippen LogP contribution in [0.5, 0.6) is 0 Å². The SMILES string of the molecule is [B]B=S(=B[B])(B([B])[B])C(=O)CCC(=O)C(CC(C)C)NC(=O)C(CC(=O)CNC(=O)CCC(NC(=O)OC(C)(C)C)C(=O)NCC(=O)CC(Cc1ccccc1)C(=O)NC(CC(C)C)C(=O)CCC(=O)S(=B[B])(=B[B])B([B])[B])Cc1ccccc1. The third kappa shape index (κ3) is 26.6. The van der Waals surface area contributed by atoms with E-state index in [2.05, 4.69) is 26.6 Å². The fourth-order valence-electron chi connectivity index (χ4n) is 8.87. The number of benzene rings is 2. The number of rotatable bonds is 35. The number of hydrogen-bond acceptors (Lipinski definition) is 12. The standard InChI is InChI=1S/C52H71B14N5O12S2/c1-32(2)24-41(43(74)19-22-46(77)84(61-53,62-54)65(57)58)69-48(79)36(26-34-14-10-8-11-15-34)28-38(72)30-67-45(76)21-18-40(71-51(82)83-52(5,6)7)50(81)68-31-39(73)29-37(27-35-16-12-9-13-17-35)49(80)70-42(25-33(3)4)44(75)20-23-47(78)85(63-55,64-56)66(59)60/h8-17,32-33,36-37,40-42H,18-31H2,1-7H3,(H,67,76)(H,68,81)(H,69,79)(H,70,80)(H,71,82). The van der Waals surface area contributed by atoms with Crippen molar-refractivity contribution < 1.29 is 57.5 Å². The number of alkyl carbamates (subject to hydrolysis) is 1. The third-order valence-electron chi connectivity index (χ3n) is 13.5. The van der Waals surface area contributed by atoms with Crippen LogP contribution < -0.4 is 26.6 Å². The van der Waals surface area contributed by atoms with E-state index in [4.69, 9.17) is 66.6 Å². The molecule has 0 saturated heterocycles. The molecule has 0 aromatic heterocycles. The van der Waals surface area contributed by atoms with Crippen LogP contribution in [-0.4, -0.2) is 198 Å². The van der Waals surface area contributed by atoms with Crippen LogP contribution in [0.4, 0.5) is 4.79 Å². The van der Waals surface area contributed by atoms with E-state index >= 15 is 0 Å². The summed E-state index contributed by atoms with van der Waals surface area (Å²) in [5, 5.41) is 12.0. The molecule has 5 N–H and O–H groups in total. The first-order valence-electron chi connectivity index (χ1n) is 28.1. The maximum absolute atomic E-state index is 14.1. The quantitative estimate of drug-likeness (QED) is 0.0589. The Morgan fingerprint density at radius 2 is 0.894 bits per heavy atom. The van der Waals surface area contributed by atoms with Gasteiger partial charge in [-0.1, -0.05) is 36.4 Å². The third-order valence-corrected chi connectivity index (χ3v) is 19.1. The van der Waals surface area contributed by atoms with E-state index in [0.717, 1.165) is 24.2 Å². The second-order valence-corrected chi connectivity index (χ2v) is 28.7. The van der Waals surface area contributed by atoms with Crippen molar-refractivity contribution in [3.05, 3.63) is 71.8 Å². The van der Waals surface area contributed by atoms with Crippen molar-refractivity contribution in [2.75, 3.05) is 13.1 Å².